The lowest BCUT2D eigenvalue weighted by Crippen LogP contribution is -2.63. The van der Waals surface area contributed by atoms with Gasteiger partial charge in [-0.05, 0) is 31.9 Å². The molecule has 0 aromatic carbocycles. The van der Waals surface area contributed by atoms with E-state index in [0.717, 1.165) is 6.42 Å². The number of carbonyl (C=O) groups excluding carboxylic acids is 2. The minimum absolute atomic E-state index is 0.0140. The summed E-state index contributed by atoms with van der Waals surface area (Å²) in [5.41, 5.74) is -0.427. The third-order valence-electron chi connectivity index (χ3n) is 7.21. The summed E-state index contributed by atoms with van der Waals surface area (Å²) < 4.78 is 17.3. The number of allylic oxidation sites excluding steroid dienone is 4. The maximum absolute atomic E-state index is 13.1. The smallest absolute Gasteiger partial charge is 0.318 e. The molecule has 0 bridgehead atoms. The predicted molar refractivity (Wildman–Crippen MR) is 110 cm³/mol. The van der Waals surface area contributed by atoms with Crippen molar-refractivity contribution in [3.63, 3.8) is 0 Å². The second-order valence-corrected chi connectivity index (χ2v) is 9.27. The summed E-state index contributed by atoms with van der Waals surface area (Å²) in [7, 11) is 0. The Morgan fingerprint density at radius 3 is 2.70 bits per heavy atom. The minimum Gasteiger partial charge on any atom is -0.465 e. The van der Waals surface area contributed by atoms with Crippen LogP contribution in [-0.4, -0.2) is 34.9 Å². The minimum atomic E-state index is -1.86. The lowest BCUT2D eigenvalue weighted by atomic mass is 9.60. The quantitative estimate of drug-likeness (QED) is 0.681. The summed E-state index contributed by atoms with van der Waals surface area (Å²) in [6, 6.07) is 0. The van der Waals surface area contributed by atoms with Crippen molar-refractivity contribution in [1.29, 1.82) is 0 Å². The Bertz CT molecular complexity index is 930. The van der Waals surface area contributed by atoms with Crippen LogP contribution in [0.15, 0.2) is 46.4 Å². The zero-order valence-electron chi connectivity index (χ0n) is 17.8. The third-order valence-corrected chi connectivity index (χ3v) is 7.60. The highest BCUT2D eigenvalue weighted by Gasteiger charge is 2.75. The Morgan fingerprint density at radius 2 is 2.03 bits per heavy atom. The van der Waals surface area contributed by atoms with Crippen LogP contribution in [0, 0.1) is 23.2 Å². The van der Waals surface area contributed by atoms with Gasteiger partial charge >= 0.3 is 5.97 Å². The van der Waals surface area contributed by atoms with Crippen LogP contribution in [0.1, 0.15) is 41.0 Å². The zero-order chi connectivity index (χ0) is 22.0. The van der Waals surface area contributed by atoms with E-state index in [0.29, 0.717) is 22.8 Å². The fourth-order valence-electron chi connectivity index (χ4n) is 4.78. The summed E-state index contributed by atoms with van der Waals surface area (Å²) in [5, 5.41) is 11.5. The Kier molecular flexibility index (Phi) is 5.03. The van der Waals surface area contributed by atoms with E-state index < -0.39 is 47.0 Å². The molecule has 1 aliphatic carbocycles. The molecule has 7 atom stereocenters. The highest BCUT2D eigenvalue weighted by Crippen LogP contribution is 2.62. The molecule has 0 aromatic heterocycles. The van der Waals surface area contributed by atoms with Crippen LogP contribution in [0.5, 0.6) is 0 Å². The molecule has 3 heterocycles. The molecule has 7 heteroatoms. The van der Waals surface area contributed by atoms with Crippen LogP contribution in [0.25, 0.3) is 0 Å². The number of halogens is 1. The number of hydrogen-bond donors (Lipinski definition) is 1. The van der Waals surface area contributed by atoms with Gasteiger partial charge in [0.15, 0.2) is 5.79 Å². The second-order valence-electron chi connectivity index (χ2n) is 8.89. The molecule has 162 valence electrons. The molecule has 0 radical (unpaired) electrons. The van der Waals surface area contributed by atoms with Crippen molar-refractivity contribution in [1.82, 2.24) is 0 Å². The Hall–Kier alpha value is -1.89. The molecule has 0 unspecified atom stereocenters. The van der Waals surface area contributed by atoms with E-state index in [1.807, 2.05) is 12.2 Å². The van der Waals surface area contributed by atoms with Crippen molar-refractivity contribution in [3.05, 3.63) is 46.4 Å². The first-order valence-corrected chi connectivity index (χ1v) is 10.8. The van der Waals surface area contributed by atoms with Crippen molar-refractivity contribution in [2.24, 2.45) is 23.2 Å². The number of aliphatic hydroxyl groups is 1. The number of esters is 1. The van der Waals surface area contributed by atoms with Crippen LogP contribution >= 0.6 is 11.6 Å². The SMILES string of the molecule is CC[C@H](C)/C=C/C1=CC2=C(Cl)C(=O)[C@H]3O[C@]4(O)[C@H](C)[C@@H](C)OC(=O)[C@]4(C)[C@H]3C2=CO1. The normalized spacial score (nSPS) is 41.4. The fourth-order valence-corrected chi connectivity index (χ4v) is 5.05. The molecule has 4 aliphatic rings. The molecule has 2 saturated heterocycles. The Morgan fingerprint density at radius 1 is 1.33 bits per heavy atom. The van der Waals surface area contributed by atoms with Crippen molar-refractivity contribution >= 4 is 23.4 Å². The van der Waals surface area contributed by atoms with E-state index in [9.17, 15) is 14.7 Å². The van der Waals surface area contributed by atoms with Gasteiger partial charge in [-0.3, -0.25) is 9.59 Å². The van der Waals surface area contributed by atoms with Crippen molar-refractivity contribution < 1.29 is 28.9 Å². The van der Waals surface area contributed by atoms with Crippen LogP contribution in [0.2, 0.25) is 0 Å². The molecular formula is C23H27ClO6. The van der Waals surface area contributed by atoms with E-state index >= 15 is 0 Å². The number of ketones is 1. The number of carbonyl (C=O) groups is 2. The van der Waals surface area contributed by atoms with Crippen LogP contribution < -0.4 is 0 Å². The molecule has 2 fully saturated rings. The van der Waals surface area contributed by atoms with Gasteiger partial charge < -0.3 is 19.3 Å². The van der Waals surface area contributed by atoms with Gasteiger partial charge in [-0.1, -0.05) is 44.9 Å². The molecule has 6 nitrogen and oxygen atoms in total. The molecule has 0 amide bonds. The van der Waals surface area contributed by atoms with E-state index in [4.69, 9.17) is 25.8 Å². The van der Waals surface area contributed by atoms with Crippen LogP contribution in [-0.2, 0) is 23.8 Å². The molecule has 3 aliphatic heterocycles. The first-order valence-electron chi connectivity index (χ1n) is 10.4. The summed E-state index contributed by atoms with van der Waals surface area (Å²) in [6.07, 6.45) is 6.42. The van der Waals surface area contributed by atoms with Gasteiger partial charge in [-0.2, -0.15) is 0 Å². The van der Waals surface area contributed by atoms with Crippen molar-refractivity contribution in [2.75, 3.05) is 0 Å². The average Bonchev–Trinajstić information content (AvgIpc) is 2.98. The first kappa shape index (κ1) is 21.3. The number of fused-ring (bicyclic) bond motifs is 5. The molecule has 4 rings (SSSR count). The highest BCUT2D eigenvalue weighted by molar-refractivity contribution is 6.44. The lowest BCUT2D eigenvalue weighted by molar-refractivity contribution is -0.298. The molecule has 0 spiro atoms. The molecular weight excluding hydrogens is 408 g/mol. The van der Waals surface area contributed by atoms with Crippen molar-refractivity contribution in [2.45, 2.75) is 59.0 Å². The van der Waals surface area contributed by atoms with E-state index in [1.165, 1.54) is 6.26 Å². The monoisotopic (exact) mass is 434 g/mol. The summed E-state index contributed by atoms with van der Waals surface area (Å²) in [4.78, 5) is 26.1. The number of cyclic esters (lactones) is 1. The summed E-state index contributed by atoms with van der Waals surface area (Å²) in [5.74, 6) is -3.29. The van der Waals surface area contributed by atoms with E-state index in [-0.39, 0.29) is 5.03 Å². The summed E-state index contributed by atoms with van der Waals surface area (Å²) >= 11 is 6.44. The number of ether oxygens (including phenoxy) is 3. The van der Waals surface area contributed by atoms with Gasteiger partial charge in [0.25, 0.3) is 0 Å². The Balaban J connectivity index is 1.79. The standard InChI is InChI=1S/C23H27ClO6/c1-6-11(2)7-8-14-9-15-16(10-28-14)17-20(19(25)18(15)24)30-23(27)12(3)13(4)29-21(26)22(17,23)5/h7-13,17,20,27H,6H2,1-5H3/b8-7+/t11-,12+,13+,17-,20-,22-,23+/m0/s1. The topological polar surface area (TPSA) is 82.1 Å². The second kappa shape index (κ2) is 7.08. The third kappa shape index (κ3) is 2.70. The van der Waals surface area contributed by atoms with E-state index in [1.54, 1.807) is 26.8 Å². The van der Waals surface area contributed by atoms with E-state index in [2.05, 4.69) is 13.8 Å². The van der Waals surface area contributed by atoms with Crippen LogP contribution in [0.3, 0.4) is 0 Å². The number of Topliss-reactive ketones (excluding diaryl/α,β-unsaturated/α-hetero) is 1. The molecule has 0 saturated carbocycles. The first-order chi connectivity index (χ1) is 14.1. The van der Waals surface area contributed by atoms with Gasteiger partial charge in [-0.15, -0.1) is 0 Å². The Labute approximate surface area is 181 Å². The van der Waals surface area contributed by atoms with Gasteiger partial charge in [0, 0.05) is 23.0 Å². The van der Waals surface area contributed by atoms with Gasteiger partial charge in [-0.25, -0.2) is 0 Å². The molecule has 1 N–H and O–H groups in total. The maximum Gasteiger partial charge on any atom is 0.318 e. The molecule has 0 aromatic rings. The number of rotatable bonds is 3. The maximum atomic E-state index is 13.1. The zero-order valence-corrected chi connectivity index (χ0v) is 18.5. The average molecular weight is 435 g/mol. The highest BCUT2D eigenvalue weighted by atomic mass is 35.5. The lowest BCUT2D eigenvalue weighted by Gasteiger charge is -2.48. The number of hydrogen-bond acceptors (Lipinski definition) is 6. The predicted octanol–water partition coefficient (Wildman–Crippen LogP) is 3.75. The fraction of sp³-hybridized carbons (Fsp3) is 0.565. The van der Waals surface area contributed by atoms with Gasteiger partial charge in [0.05, 0.1) is 11.3 Å². The van der Waals surface area contributed by atoms with Gasteiger partial charge in [0.1, 0.15) is 23.4 Å². The van der Waals surface area contributed by atoms with Crippen LogP contribution in [0.4, 0.5) is 0 Å². The largest absolute Gasteiger partial charge is 0.465 e. The molecule has 30 heavy (non-hydrogen) atoms. The summed E-state index contributed by atoms with van der Waals surface area (Å²) in [6.45, 7) is 9.23. The van der Waals surface area contributed by atoms with Gasteiger partial charge in [0.2, 0.25) is 5.78 Å². The van der Waals surface area contributed by atoms with Crippen molar-refractivity contribution in [3.8, 4) is 0 Å².